The third-order valence-corrected chi connectivity index (χ3v) is 5.80. The first-order valence-electron chi connectivity index (χ1n) is 9.40. The number of quaternary nitrogens is 2. The third-order valence-electron chi connectivity index (χ3n) is 5.80. The third kappa shape index (κ3) is 5.48. The second-order valence-electron chi connectivity index (χ2n) is 8.26. The van der Waals surface area contributed by atoms with Crippen molar-refractivity contribution in [2.75, 3.05) is 46.4 Å². The van der Waals surface area contributed by atoms with Crippen LogP contribution in [-0.2, 0) is 4.74 Å². The maximum absolute atomic E-state index is 10.3. The van der Waals surface area contributed by atoms with E-state index < -0.39 is 0 Å². The molecule has 1 aliphatic heterocycles. The number of piperazine rings is 1. The van der Waals surface area contributed by atoms with E-state index in [-0.39, 0.29) is 6.10 Å². The number of hydrogen-bond acceptors (Lipinski definition) is 2. The van der Waals surface area contributed by atoms with Gasteiger partial charge in [0.05, 0.1) is 19.8 Å². The van der Waals surface area contributed by atoms with Crippen molar-refractivity contribution in [3.63, 3.8) is 0 Å². The van der Waals surface area contributed by atoms with Gasteiger partial charge in [0.25, 0.3) is 0 Å². The molecule has 0 bridgehead atoms. The number of nitrogens with one attached hydrogen (secondary N) is 2. The second-order valence-corrected chi connectivity index (χ2v) is 8.26. The number of likely N-dealkylation sites (N-methyl/N-ethyl adjacent to an activating group) is 1. The van der Waals surface area contributed by atoms with Gasteiger partial charge in [-0.3, -0.25) is 0 Å². The summed E-state index contributed by atoms with van der Waals surface area (Å²) >= 11 is 0. The maximum Gasteiger partial charge on any atom is 0.127 e. The van der Waals surface area contributed by atoms with Crippen LogP contribution in [0.15, 0.2) is 0 Å². The molecule has 0 amide bonds. The minimum Gasteiger partial charge on any atom is -0.385 e. The highest BCUT2D eigenvalue weighted by Gasteiger charge is 2.32. The van der Waals surface area contributed by atoms with Crippen LogP contribution in [0.25, 0.3) is 0 Å². The van der Waals surface area contributed by atoms with Gasteiger partial charge in [0.2, 0.25) is 0 Å². The van der Waals surface area contributed by atoms with Gasteiger partial charge in [-0.15, -0.1) is 0 Å². The van der Waals surface area contributed by atoms with E-state index in [1.54, 1.807) is 9.80 Å². The topological polar surface area (TPSA) is 38.3 Å². The molecule has 0 unspecified atom stereocenters. The Labute approximate surface area is 136 Å². The molecule has 2 rings (SSSR count). The summed E-state index contributed by atoms with van der Waals surface area (Å²) in [5.74, 6) is 2.12. The highest BCUT2D eigenvalue weighted by atomic mass is 16.5. The molecular formula is C18H38N2O2+2. The van der Waals surface area contributed by atoms with Gasteiger partial charge in [0.1, 0.15) is 38.8 Å². The van der Waals surface area contributed by atoms with Crippen LogP contribution in [0.3, 0.4) is 0 Å². The summed E-state index contributed by atoms with van der Waals surface area (Å²) in [7, 11) is 2.26. The lowest BCUT2D eigenvalue weighted by Crippen LogP contribution is -3.27. The predicted molar refractivity (Wildman–Crippen MR) is 89.3 cm³/mol. The zero-order chi connectivity index (χ0) is 16.1. The average Bonchev–Trinajstić information content (AvgIpc) is 2.47. The van der Waals surface area contributed by atoms with Crippen molar-refractivity contribution >= 4 is 0 Å². The van der Waals surface area contributed by atoms with Gasteiger partial charge >= 0.3 is 0 Å². The predicted octanol–water partition coefficient (Wildman–Crippen LogP) is -0.762. The first-order chi connectivity index (χ1) is 10.5. The number of rotatable bonds is 6. The Morgan fingerprint density at radius 2 is 1.82 bits per heavy atom. The van der Waals surface area contributed by atoms with E-state index in [4.69, 9.17) is 4.74 Å². The molecule has 22 heavy (non-hydrogen) atoms. The minimum atomic E-state index is -0.307. The Balaban J connectivity index is 1.73. The van der Waals surface area contributed by atoms with Gasteiger partial charge in [0, 0.05) is 0 Å². The van der Waals surface area contributed by atoms with Crippen LogP contribution in [0.2, 0.25) is 0 Å². The molecule has 3 N–H and O–H groups in total. The molecule has 4 heteroatoms. The Morgan fingerprint density at radius 1 is 1.14 bits per heavy atom. The van der Waals surface area contributed by atoms with Crippen LogP contribution in [0.5, 0.6) is 0 Å². The fraction of sp³-hybridized carbons (Fsp3) is 1.00. The Kier molecular flexibility index (Phi) is 7.13. The summed E-state index contributed by atoms with van der Waals surface area (Å²) in [5, 5.41) is 10.3. The molecule has 4 atom stereocenters. The second kappa shape index (κ2) is 8.62. The number of aliphatic hydroxyl groups excluding tert-OH is 1. The molecule has 0 aromatic heterocycles. The monoisotopic (exact) mass is 314 g/mol. The summed E-state index contributed by atoms with van der Waals surface area (Å²) in [6.07, 6.45) is 3.83. The quantitative estimate of drug-likeness (QED) is 0.603. The lowest BCUT2D eigenvalue weighted by Gasteiger charge is -2.37. The highest BCUT2D eigenvalue weighted by Crippen LogP contribution is 2.35. The van der Waals surface area contributed by atoms with E-state index in [9.17, 15) is 5.11 Å². The standard InChI is InChI=1S/C18H36N2O2/c1-14(2)17-6-5-15(3)11-18(17)22-13-16(21)12-20-9-7-19(4)8-10-20/h14-18,21H,5-13H2,1-4H3/p+2/t15-,16-,17+,18-/m0/s1. The van der Waals surface area contributed by atoms with Crippen molar-refractivity contribution in [1.82, 2.24) is 0 Å². The summed E-state index contributed by atoms with van der Waals surface area (Å²) in [6.45, 7) is 13.1. The van der Waals surface area contributed by atoms with Crippen LogP contribution in [-0.4, -0.2) is 63.7 Å². The van der Waals surface area contributed by atoms with E-state index in [2.05, 4.69) is 27.8 Å². The van der Waals surface area contributed by atoms with Crippen molar-refractivity contribution in [1.29, 1.82) is 0 Å². The van der Waals surface area contributed by atoms with E-state index in [0.717, 1.165) is 12.5 Å². The van der Waals surface area contributed by atoms with Crippen molar-refractivity contribution < 1.29 is 19.6 Å². The molecule has 0 spiro atoms. The van der Waals surface area contributed by atoms with E-state index in [1.165, 1.54) is 45.4 Å². The van der Waals surface area contributed by atoms with Crippen LogP contribution in [0, 0.1) is 17.8 Å². The van der Waals surface area contributed by atoms with Crippen LogP contribution >= 0.6 is 0 Å². The maximum atomic E-state index is 10.3. The van der Waals surface area contributed by atoms with Gasteiger partial charge in [-0.1, -0.05) is 27.2 Å². The lowest BCUT2D eigenvalue weighted by molar-refractivity contribution is -1.00. The first-order valence-corrected chi connectivity index (χ1v) is 9.40. The zero-order valence-electron chi connectivity index (χ0n) is 15.1. The molecule has 2 fully saturated rings. The van der Waals surface area contributed by atoms with Crippen molar-refractivity contribution in [2.24, 2.45) is 17.8 Å². The van der Waals surface area contributed by atoms with Gasteiger partial charge in [0.15, 0.2) is 0 Å². The molecule has 0 aromatic rings. The largest absolute Gasteiger partial charge is 0.385 e. The molecular weight excluding hydrogens is 276 g/mol. The molecule has 2 aliphatic rings. The van der Waals surface area contributed by atoms with E-state index in [0.29, 0.717) is 24.5 Å². The summed E-state index contributed by atoms with van der Waals surface area (Å²) in [5.41, 5.74) is 0. The summed E-state index contributed by atoms with van der Waals surface area (Å²) in [6, 6.07) is 0. The van der Waals surface area contributed by atoms with Crippen molar-refractivity contribution in [3.8, 4) is 0 Å². The smallest absolute Gasteiger partial charge is 0.127 e. The van der Waals surface area contributed by atoms with Gasteiger partial charge < -0.3 is 19.6 Å². The fourth-order valence-corrected chi connectivity index (χ4v) is 4.17. The Bertz CT molecular complexity index is 316. The molecule has 1 saturated heterocycles. The lowest BCUT2D eigenvalue weighted by atomic mass is 9.75. The normalized spacial score (nSPS) is 38.2. The van der Waals surface area contributed by atoms with Gasteiger partial charge in [-0.2, -0.15) is 0 Å². The number of hydrogen-bond donors (Lipinski definition) is 3. The van der Waals surface area contributed by atoms with Gasteiger partial charge in [-0.05, 0) is 30.6 Å². The van der Waals surface area contributed by atoms with Crippen LogP contribution < -0.4 is 9.80 Å². The van der Waals surface area contributed by atoms with Crippen LogP contribution in [0.1, 0.15) is 40.0 Å². The minimum absolute atomic E-state index is 0.307. The highest BCUT2D eigenvalue weighted by molar-refractivity contribution is 4.81. The molecule has 1 aliphatic carbocycles. The Hall–Kier alpha value is -0.160. The van der Waals surface area contributed by atoms with Gasteiger partial charge in [-0.25, -0.2) is 0 Å². The fourth-order valence-electron chi connectivity index (χ4n) is 4.17. The average molecular weight is 315 g/mol. The number of aliphatic hydroxyl groups is 1. The molecule has 0 aromatic carbocycles. The zero-order valence-corrected chi connectivity index (χ0v) is 15.1. The van der Waals surface area contributed by atoms with Crippen molar-refractivity contribution in [3.05, 3.63) is 0 Å². The van der Waals surface area contributed by atoms with E-state index in [1.807, 2.05) is 0 Å². The SMILES string of the molecule is CC(C)[C@H]1CC[C@H](C)C[C@@H]1OC[C@@H](O)C[NH+]1CC[NH+](C)CC1. The Morgan fingerprint density at radius 3 is 2.45 bits per heavy atom. The molecule has 1 heterocycles. The molecule has 4 nitrogen and oxygen atoms in total. The summed E-state index contributed by atoms with van der Waals surface area (Å²) in [4.78, 5) is 3.16. The molecule has 0 radical (unpaired) electrons. The summed E-state index contributed by atoms with van der Waals surface area (Å²) < 4.78 is 6.18. The number of ether oxygens (including phenoxy) is 1. The molecule has 130 valence electrons. The van der Waals surface area contributed by atoms with Crippen molar-refractivity contribution in [2.45, 2.75) is 52.2 Å². The first kappa shape index (κ1) is 18.2. The molecule has 1 saturated carbocycles. The van der Waals surface area contributed by atoms with Crippen LogP contribution in [0.4, 0.5) is 0 Å². The van der Waals surface area contributed by atoms with E-state index >= 15 is 0 Å².